The van der Waals surface area contributed by atoms with Crippen molar-refractivity contribution in [2.45, 2.75) is 19.3 Å². The molecule has 4 nitrogen and oxygen atoms in total. The molecule has 0 saturated heterocycles. The third-order valence-electron chi connectivity index (χ3n) is 3.00. The van der Waals surface area contributed by atoms with Crippen LogP contribution in [-0.4, -0.2) is 16.9 Å². The molecule has 0 aromatic heterocycles. The summed E-state index contributed by atoms with van der Waals surface area (Å²) in [6.45, 7) is 0. The van der Waals surface area contributed by atoms with Crippen LogP contribution in [0.25, 0.3) is 0 Å². The van der Waals surface area contributed by atoms with E-state index in [1.165, 1.54) is 12.2 Å². The highest BCUT2D eigenvalue weighted by Gasteiger charge is 2.31. The number of carboxylic acid groups (broad SMARTS) is 1. The number of hydrogen-bond acceptors (Lipinski definition) is 3. The van der Waals surface area contributed by atoms with Crippen LogP contribution in [0.15, 0.2) is 35.1 Å². The van der Waals surface area contributed by atoms with E-state index in [1.54, 1.807) is 0 Å². The van der Waals surface area contributed by atoms with Crippen molar-refractivity contribution in [1.29, 1.82) is 0 Å². The highest BCUT2D eigenvalue weighted by Crippen LogP contribution is 2.32. The second-order valence-electron chi connectivity index (χ2n) is 4.01. The number of carbonyl (C=O) groups excluding carboxylic acids is 1. The van der Waals surface area contributed by atoms with Gasteiger partial charge in [0.15, 0.2) is 5.78 Å². The van der Waals surface area contributed by atoms with Gasteiger partial charge >= 0.3 is 5.97 Å². The molecule has 84 valence electrons. The molecule has 1 atom stereocenters. The third-order valence-corrected chi connectivity index (χ3v) is 3.00. The van der Waals surface area contributed by atoms with Crippen molar-refractivity contribution in [3.63, 3.8) is 0 Å². The van der Waals surface area contributed by atoms with Gasteiger partial charge in [-0.25, -0.2) is 4.79 Å². The molecule has 0 heterocycles. The molecule has 2 aliphatic rings. The van der Waals surface area contributed by atoms with Crippen LogP contribution in [0.4, 0.5) is 0 Å². The van der Waals surface area contributed by atoms with E-state index < -0.39 is 11.9 Å². The van der Waals surface area contributed by atoms with E-state index in [1.807, 2.05) is 6.08 Å². The fourth-order valence-corrected chi connectivity index (χ4v) is 2.20. The van der Waals surface area contributed by atoms with Crippen LogP contribution in [0.5, 0.6) is 0 Å². The minimum absolute atomic E-state index is 0.0393. The van der Waals surface area contributed by atoms with Crippen LogP contribution in [-0.2, 0) is 9.59 Å². The van der Waals surface area contributed by atoms with Gasteiger partial charge in [0.05, 0.1) is 11.5 Å². The molecule has 0 spiro atoms. The molecule has 0 bridgehead atoms. The second-order valence-corrected chi connectivity index (χ2v) is 4.01. The second kappa shape index (κ2) is 3.96. The van der Waals surface area contributed by atoms with Gasteiger partial charge < -0.3 is 10.8 Å². The molecular formula is C12H13NO3. The monoisotopic (exact) mass is 219 g/mol. The van der Waals surface area contributed by atoms with Crippen LogP contribution in [0.1, 0.15) is 19.3 Å². The number of aliphatic carboxylic acids is 1. The normalized spacial score (nSPS) is 24.9. The fourth-order valence-electron chi connectivity index (χ4n) is 2.20. The van der Waals surface area contributed by atoms with E-state index in [0.717, 1.165) is 24.8 Å². The van der Waals surface area contributed by atoms with E-state index in [-0.39, 0.29) is 17.1 Å². The topological polar surface area (TPSA) is 80.4 Å². The average Bonchev–Trinajstić information content (AvgIpc) is 2.70. The molecule has 1 unspecified atom stereocenters. The standard InChI is InChI=1S/C12H13NO3/c13-11-8(12(15)16)5-6-9(14)10(11)7-3-1-2-4-7/h3,5-6,10H,1-2,4,13H2,(H,15,16). The van der Waals surface area contributed by atoms with Gasteiger partial charge in [0, 0.05) is 5.70 Å². The highest BCUT2D eigenvalue weighted by atomic mass is 16.4. The van der Waals surface area contributed by atoms with Crippen molar-refractivity contribution in [1.82, 2.24) is 0 Å². The fraction of sp³-hybridized carbons (Fsp3) is 0.333. The predicted molar refractivity (Wildman–Crippen MR) is 58.4 cm³/mol. The molecule has 3 N–H and O–H groups in total. The first-order chi connectivity index (χ1) is 7.61. The molecule has 0 aromatic carbocycles. The first-order valence-electron chi connectivity index (χ1n) is 5.25. The van der Waals surface area contributed by atoms with E-state index in [0.29, 0.717) is 0 Å². The lowest BCUT2D eigenvalue weighted by Gasteiger charge is -2.20. The summed E-state index contributed by atoms with van der Waals surface area (Å²) in [5, 5.41) is 8.94. The SMILES string of the molecule is NC1=C(C(=O)O)C=CC(=O)C1C1=CCCC1. The third kappa shape index (κ3) is 1.66. The zero-order chi connectivity index (χ0) is 11.7. The summed E-state index contributed by atoms with van der Waals surface area (Å²) in [5.41, 5.74) is 6.96. The molecular weight excluding hydrogens is 206 g/mol. The Labute approximate surface area is 93.1 Å². The number of hydrogen-bond donors (Lipinski definition) is 2. The Kier molecular flexibility index (Phi) is 2.64. The molecule has 16 heavy (non-hydrogen) atoms. The van der Waals surface area contributed by atoms with Gasteiger partial charge in [-0.1, -0.05) is 11.6 Å². The van der Waals surface area contributed by atoms with E-state index >= 15 is 0 Å². The van der Waals surface area contributed by atoms with Crippen LogP contribution < -0.4 is 5.73 Å². The summed E-state index contributed by atoms with van der Waals surface area (Å²) in [4.78, 5) is 22.6. The Bertz CT molecular complexity index is 443. The van der Waals surface area contributed by atoms with Crippen molar-refractivity contribution in [2.24, 2.45) is 11.7 Å². The van der Waals surface area contributed by atoms with Crippen molar-refractivity contribution >= 4 is 11.8 Å². The molecule has 0 amide bonds. The maximum atomic E-state index is 11.7. The Morgan fingerprint density at radius 2 is 2.19 bits per heavy atom. The maximum Gasteiger partial charge on any atom is 0.337 e. The number of carboxylic acids is 1. The zero-order valence-electron chi connectivity index (χ0n) is 8.77. The molecule has 2 rings (SSSR count). The lowest BCUT2D eigenvalue weighted by molar-refractivity contribution is -0.132. The van der Waals surface area contributed by atoms with E-state index in [4.69, 9.17) is 10.8 Å². The number of nitrogens with two attached hydrogens (primary N) is 1. The lowest BCUT2D eigenvalue weighted by Crippen LogP contribution is -2.28. The van der Waals surface area contributed by atoms with Crippen molar-refractivity contribution in [2.75, 3.05) is 0 Å². The Hall–Kier alpha value is -1.84. The molecule has 0 saturated carbocycles. The van der Waals surface area contributed by atoms with Gasteiger partial charge in [-0.3, -0.25) is 4.79 Å². The van der Waals surface area contributed by atoms with E-state index in [9.17, 15) is 9.59 Å². The molecule has 0 radical (unpaired) electrons. The molecule has 0 aromatic rings. The number of ketones is 1. The Balaban J connectivity index is 2.40. The largest absolute Gasteiger partial charge is 0.478 e. The Morgan fingerprint density at radius 3 is 2.75 bits per heavy atom. The van der Waals surface area contributed by atoms with Crippen LogP contribution in [0.2, 0.25) is 0 Å². The van der Waals surface area contributed by atoms with Gasteiger partial charge in [0.2, 0.25) is 0 Å². The Morgan fingerprint density at radius 1 is 1.44 bits per heavy atom. The van der Waals surface area contributed by atoms with Crippen LogP contribution in [0, 0.1) is 5.92 Å². The van der Waals surface area contributed by atoms with E-state index in [2.05, 4.69) is 0 Å². The quantitative estimate of drug-likeness (QED) is 0.683. The minimum atomic E-state index is -1.08. The molecule has 2 aliphatic carbocycles. The summed E-state index contributed by atoms with van der Waals surface area (Å²) in [6.07, 6.45) is 7.37. The molecule has 0 fully saturated rings. The van der Waals surface area contributed by atoms with Gasteiger partial charge in [0.25, 0.3) is 0 Å². The zero-order valence-corrected chi connectivity index (χ0v) is 8.77. The molecule has 4 heteroatoms. The maximum absolute atomic E-state index is 11.7. The van der Waals surface area contributed by atoms with Gasteiger partial charge in [-0.15, -0.1) is 0 Å². The predicted octanol–water partition coefficient (Wildman–Crippen LogP) is 1.15. The van der Waals surface area contributed by atoms with Crippen LogP contribution in [0.3, 0.4) is 0 Å². The first-order valence-corrected chi connectivity index (χ1v) is 5.25. The summed E-state index contributed by atoms with van der Waals surface area (Å²) < 4.78 is 0. The highest BCUT2D eigenvalue weighted by molar-refractivity contribution is 6.03. The van der Waals surface area contributed by atoms with Gasteiger partial charge in [-0.2, -0.15) is 0 Å². The smallest absolute Gasteiger partial charge is 0.337 e. The first kappa shape index (κ1) is 10.7. The summed E-state index contributed by atoms with van der Waals surface area (Å²) in [6, 6.07) is 0. The number of allylic oxidation sites excluding steroid dienone is 3. The summed E-state index contributed by atoms with van der Waals surface area (Å²) >= 11 is 0. The lowest BCUT2D eigenvalue weighted by atomic mass is 9.85. The average molecular weight is 219 g/mol. The molecule has 0 aliphatic heterocycles. The number of rotatable bonds is 2. The number of carbonyl (C=O) groups is 2. The van der Waals surface area contributed by atoms with Crippen molar-refractivity contribution in [3.05, 3.63) is 35.1 Å². The summed E-state index contributed by atoms with van der Waals surface area (Å²) in [7, 11) is 0. The van der Waals surface area contributed by atoms with Crippen molar-refractivity contribution < 1.29 is 14.7 Å². The van der Waals surface area contributed by atoms with Crippen molar-refractivity contribution in [3.8, 4) is 0 Å². The summed E-state index contributed by atoms with van der Waals surface area (Å²) in [5.74, 6) is -1.74. The van der Waals surface area contributed by atoms with Crippen LogP contribution >= 0.6 is 0 Å². The van der Waals surface area contributed by atoms with Gasteiger partial charge in [0.1, 0.15) is 0 Å². The van der Waals surface area contributed by atoms with Gasteiger partial charge in [-0.05, 0) is 31.4 Å². The minimum Gasteiger partial charge on any atom is -0.478 e.